The van der Waals surface area contributed by atoms with Gasteiger partial charge in [0.2, 0.25) is 0 Å². The molecule has 1 saturated carbocycles. The van der Waals surface area contributed by atoms with Crippen molar-refractivity contribution in [2.45, 2.75) is 33.1 Å². The van der Waals surface area contributed by atoms with Gasteiger partial charge in [0.1, 0.15) is 0 Å². The van der Waals surface area contributed by atoms with E-state index in [4.69, 9.17) is 0 Å². The van der Waals surface area contributed by atoms with Gasteiger partial charge in [0.05, 0.1) is 5.76 Å². The van der Waals surface area contributed by atoms with Gasteiger partial charge in [-0.25, -0.2) is 0 Å². The Balaban J connectivity index is 2.34. The molecular formula is C10H16O. The van der Waals surface area contributed by atoms with Gasteiger partial charge in [-0.1, -0.05) is 13.8 Å². The maximum absolute atomic E-state index is 9.59. The predicted molar refractivity (Wildman–Crippen MR) is 45.3 cm³/mol. The van der Waals surface area contributed by atoms with Gasteiger partial charge < -0.3 is 5.11 Å². The van der Waals surface area contributed by atoms with E-state index in [1.54, 1.807) is 0 Å². The first kappa shape index (κ1) is 7.20. The van der Waals surface area contributed by atoms with Crippen molar-refractivity contribution < 1.29 is 5.11 Å². The second-order valence-corrected chi connectivity index (χ2v) is 4.60. The average molecular weight is 152 g/mol. The Morgan fingerprint density at radius 3 is 2.91 bits per heavy atom. The molecule has 0 aromatic carbocycles. The van der Waals surface area contributed by atoms with E-state index in [-0.39, 0.29) is 5.41 Å². The third-order valence-electron chi connectivity index (χ3n) is 3.42. The largest absolute Gasteiger partial charge is 0.512 e. The number of hydrogen-bond acceptors (Lipinski definition) is 1. The van der Waals surface area contributed by atoms with E-state index in [2.05, 4.69) is 19.9 Å². The van der Waals surface area contributed by atoms with Crippen molar-refractivity contribution in [1.29, 1.82) is 0 Å². The highest BCUT2D eigenvalue weighted by Crippen LogP contribution is 2.49. The van der Waals surface area contributed by atoms with Crippen LogP contribution in [-0.2, 0) is 0 Å². The molecule has 0 aliphatic heterocycles. The van der Waals surface area contributed by atoms with Crippen LogP contribution in [-0.4, -0.2) is 5.11 Å². The highest BCUT2D eigenvalue weighted by atomic mass is 16.3. The smallest absolute Gasteiger partial charge is 0.0919 e. The fourth-order valence-corrected chi connectivity index (χ4v) is 2.54. The summed E-state index contributed by atoms with van der Waals surface area (Å²) >= 11 is 0. The summed E-state index contributed by atoms with van der Waals surface area (Å²) in [5.74, 6) is 1.99. The van der Waals surface area contributed by atoms with Crippen LogP contribution in [0.1, 0.15) is 33.1 Å². The average Bonchev–Trinajstić information content (AvgIpc) is 2.28. The fourth-order valence-electron chi connectivity index (χ4n) is 2.54. The van der Waals surface area contributed by atoms with Crippen molar-refractivity contribution >= 4 is 0 Å². The van der Waals surface area contributed by atoms with Crippen molar-refractivity contribution in [3.05, 3.63) is 11.8 Å². The lowest BCUT2D eigenvalue weighted by atomic mass is 9.73. The van der Waals surface area contributed by atoms with Gasteiger partial charge in [-0.2, -0.15) is 0 Å². The molecule has 1 fully saturated rings. The molecule has 11 heavy (non-hydrogen) atoms. The third kappa shape index (κ3) is 0.979. The van der Waals surface area contributed by atoms with Crippen molar-refractivity contribution in [1.82, 2.24) is 0 Å². The molecule has 0 aromatic heterocycles. The van der Waals surface area contributed by atoms with Crippen LogP contribution < -0.4 is 0 Å². The second kappa shape index (κ2) is 2.02. The lowest BCUT2D eigenvalue weighted by Gasteiger charge is -2.32. The molecule has 2 bridgehead atoms. The van der Waals surface area contributed by atoms with E-state index in [1.807, 2.05) is 0 Å². The Labute approximate surface area is 68.1 Å². The minimum atomic E-state index is 0.247. The highest BCUT2D eigenvalue weighted by molar-refractivity contribution is 5.14. The summed E-state index contributed by atoms with van der Waals surface area (Å²) in [5, 5.41) is 9.59. The molecular weight excluding hydrogens is 136 g/mol. The molecule has 2 aliphatic rings. The minimum Gasteiger partial charge on any atom is -0.512 e. The van der Waals surface area contributed by atoms with Crippen LogP contribution in [0, 0.1) is 17.3 Å². The minimum absolute atomic E-state index is 0.247. The molecule has 0 heterocycles. The molecule has 1 N–H and O–H groups in total. The van der Waals surface area contributed by atoms with Crippen molar-refractivity contribution in [2.75, 3.05) is 0 Å². The quantitative estimate of drug-likeness (QED) is 0.566. The molecule has 0 amide bonds. The number of aliphatic hydroxyl groups is 1. The second-order valence-electron chi connectivity index (χ2n) is 4.60. The summed E-state index contributed by atoms with van der Waals surface area (Å²) in [6, 6.07) is 0. The lowest BCUT2D eigenvalue weighted by molar-refractivity contribution is 0.224. The first-order valence-corrected chi connectivity index (χ1v) is 4.51. The molecule has 0 spiro atoms. The first-order valence-electron chi connectivity index (χ1n) is 4.51. The topological polar surface area (TPSA) is 20.2 Å². The molecule has 2 unspecified atom stereocenters. The van der Waals surface area contributed by atoms with Gasteiger partial charge in [-0.15, -0.1) is 0 Å². The maximum atomic E-state index is 9.59. The van der Waals surface area contributed by atoms with E-state index in [9.17, 15) is 5.11 Å². The van der Waals surface area contributed by atoms with Crippen molar-refractivity contribution in [2.24, 2.45) is 17.3 Å². The third-order valence-corrected chi connectivity index (χ3v) is 3.42. The molecule has 1 heteroatoms. The number of hydrogen-bond donors (Lipinski definition) is 1. The van der Waals surface area contributed by atoms with E-state index in [0.717, 1.165) is 5.92 Å². The van der Waals surface area contributed by atoms with Crippen LogP contribution in [0.3, 0.4) is 0 Å². The van der Waals surface area contributed by atoms with Crippen molar-refractivity contribution in [3.8, 4) is 0 Å². The highest BCUT2D eigenvalue weighted by Gasteiger charge is 2.40. The summed E-state index contributed by atoms with van der Waals surface area (Å²) in [6.07, 6.45) is 5.79. The molecule has 2 atom stereocenters. The van der Waals surface area contributed by atoms with E-state index >= 15 is 0 Å². The predicted octanol–water partition coefficient (Wildman–Crippen LogP) is 2.88. The molecule has 2 aliphatic carbocycles. The summed E-state index contributed by atoms with van der Waals surface area (Å²) in [7, 11) is 0. The Hall–Kier alpha value is -0.460. The summed E-state index contributed by atoms with van der Waals surface area (Å²) < 4.78 is 0. The molecule has 0 saturated heterocycles. The number of fused-ring (bicyclic) bond motifs is 2. The van der Waals surface area contributed by atoms with Gasteiger partial charge in [0.15, 0.2) is 0 Å². The lowest BCUT2D eigenvalue weighted by Crippen LogP contribution is -2.24. The van der Waals surface area contributed by atoms with E-state index < -0.39 is 0 Å². The van der Waals surface area contributed by atoms with Crippen LogP contribution in [0.25, 0.3) is 0 Å². The van der Waals surface area contributed by atoms with E-state index in [1.165, 1.54) is 19.3 Å². The number of allylic oxidation sites excluding steroid dienone is 2. The van der Waals surface area contributed by atoms with Crippen LogP contribution in [0.4, 0.5) is 0 Å². The molecule has 0 radical (unpaired) electrons. The maximum Gasteiger partial charge on any atom is 0.0919 e. The standard InChI is InChI=1S/C10H16O/c1-10(2)6-9(11)7-3-4-8(10)5-7/h6-8,11H,3-5H2,1-2H3. The summed E-state index contributed by atoms with van der Waals surface area (Å²) in [5.41, 5.74) is 0.247. The monoisotopic (exact) mass is 152 g/mol. The summed E-state index contributed by atoms with van der Waals surface area (Å²) in [4.78, 5) is 0. The van der Waals surface area contributed by atoms with Gasteiger partial charge in [0.25, 0.3) is 0 Å². The Morgan fingerprint density at radius 1 is 1.45 bits per heavy atom. The van der Waals surface area contributed by atoms with E-state index in [0.29, 0.717) is 11.7 Å². The zero-order valence-electron chi connectivity index (χ0n) is 7.30. The van der Waals surface area contributed by atoms with Crippen molar-refractivity contribution in [3.63, 3.8) is 0 Å². The van der Waals surface area contributed by atoms with Gasteiger partial charge in [-0.05, 0) is 36.7 Å². The Kier molecular flexibility index (Phi) is 1.33. The SMILES string of the molecule is CC1(C)C=C(O)C2CCC1C2. The number of rotatable bonds is 0. The van der Waals surface area contributed by atoms with Crippen LogP contribution in [0.15, 0.2) is 11.8 Å². The van der Waals surface area contributed by atoms with Crippen LogP contribution >= 0.6 is 0 Å². The normalized spacial score (nSPS) is 40.4. The molecule has 2 rings (SSSR count). The molecule has 62 valence electrons. The zero-order valence-corrected chi connectivity index (χ0v) is 7.30. The summed E-state index contributed by atoms with van der Waals surface area (Å²) in [6.45, 7) is 4.46. The fraction of sp³-hybridized carbons (Fsp3) is 0.800. The van der Waals surface area contributed by atoms with Crippen LogP contribution in [0.5, 0.6) is 0 Å². The number of aliphatic hydroxyl groups excluding tert-OH is 1. The Bertz CT molecular complexity index is 203. The molecule has 1 nitrogen and oxygen atoms in total. The molecule has 0 aromatic rings. The van der Waals surface area contributed by atoms with Gasteiger partial charge in [0, 0.05) is 5.92 Å². The Morgan fingerprint density at radius 2 is 2.18 bits per heavy atom. The van der Waals surface area contributed by atoms with Gasteiger partial charge in [-0.3, -0.25) is 0 Å². The first-order chi connectivity index (χ1) is 5.09. The zero-order chi connectivity index (χ0) is 8.06. The van der Waals surface area contributed by atoms with Gasteiger partial charge >= 0.3 is 0 Å². The van der Waals surface area contributed by atoms with Crippen LogP contribution in [0.2, 0.25) is 0 Å².